The first-order valence-corrected chi connectivity index (χ1v) is 8.67. The number of hydrogen-bond acceptors (Lipinski definition) is 0. The van der Waals surface area contributed by atoms with Crippen LogP contribution in [0.25, 0.3) is 0 Å². The molecule has 0 aromatic carbocycles. The summed E-state index contributed by atoms with van der Waals surface area (Å²) in [6.07, 6.45) is 34.0. The van der Waals surface area contributed by atoms with E-state index in [0.29, 0.717) is 0 Å². The van der Waals surface area contributed by atoms with E-state index in [1.165, 1.54) is 77.0 Å². The Bertz CT molecular complexity index is 174. The second-order valence-electron chi connectivity index (χ2n) is 5.72. The molecule has 3 saturated carbocycles. The summed E-state index contributed by atoms with van der Waals surface area (Å²) >= 11 is 0. The van der Waals surface area contributed by atoms with Gasteiger partial charge in [-0.1, -0.05) is 38.5 Å². The van der Waals surface area contributed by atoms with E-state index < -0.39 is 0 Å². The van der Waals surface area contributed by atoms with E-state index in [4.69, 9.17) is 0 Å². The molecule has 122 valence electrons. The molecule has 0 heterocycles. The van der Waals surface area contributed by atoms with E-state index in [1.54, 1.807) is 0 Å². The molecule has 0 bridgehead atoms. The van der Waals surface area contributed by atoms with Gasteiger partial charge in [0.05, 0.1) is 0 Å². The van der Waals surface area contributed by atoms with Crippen molar-refractivity contribution in [2.24, 2.45) is 0 Å². The van der Waals surface area contributed by atoms with Gasteiger partial charge in [-0.05, 0) is 0 Å². The van der Waals surface area contributed by atoms with Gasteiger partial charge in [-0.2, -0.15) is 44.6 Å². The Morgan fingerprint density at radius 1 is 0.619 bits per heavy atom. The summed E-state index contributed by atoms with van der Waals surface area (Å²) < 4.78 is 0. The van der Waals surface area contributed by atoms with Gasteiger partial charge in [0, 0.05) is 0 Å². The third-order valence-corrected chi connectivity index (χ3v) is 3.79. The molecule has 0 aromatic heterocycles. The topological polar surface area (TPSA) is 0 Å². The number of allylic oxidation sites excluding steroid dienone is 4. The molecule has 4 aliphatic rings. The average Bonchev–Trinajstić information content (AvgIpc) is 3.40. The van der Waals surface area contributed by atoms with Crippen LogP contribution in [0.4, 0.5) is 0 Å². The van der Waals surface area contributed by atoms with Gasteiger partial charge in [0.25, 0.3) is 0 Å². The standard InChI is InChI=1S/3C5H9.C5H5.Pt/c4*1-2-4-5-3-1;/h3*1H,2-5H2;1-3H,4H2;/q4*-1;+4. The van der Waals surface area contributed by atoms with Crippen LogP contribution in [0.3, 0.4) is 0 Å². The molecule has 0 amide bonds. The SMILES string of the molecule is [C-]1=CC=CC1.[CH-]1CCCC1.[CH-]1CCCC1.[CH-]1CCCC1.[Pt+4]. The van der Waals surface area contributed by atoms with Crippen LogP contribution in [0.5, 0.6) is 0 Å². The van der Waals surface area contributed by atoms with Crippen molar-refractivity contribution in [3.8, 4) is 0 Å². The van der Waals surface area contributed by atoms with Crippen LogP contribution in [-0.4, -0.2) is 0 Å². The van der Waals surface area contributed by atoms with Crippen LogP contribution in [0.2, 0.25) is 0 Å². The molecule has 1 heteroatoms. The van der Waals surface area contributed by atoms with Gasteiger partial charge in [-0.15, -0.1) is 6.42 Å². The number of rotatable bonds is 0. The first-order chi connectivity index (χ1) is 10.0. The minimum Gasteiger partial charge on any atom is -0.328 e. The Labute approximate surface area is 148 Å². The van der Waals surface area contributed by atoms with Gasteiger partial charge in [-0.25, -0.2) is 12.2 Å². The van der Waals surface area contributed by atoms with Crippen molar-refractivity contribution in [1.82, 2.24) is 0 Å². The Morgan fingerprint density at radius 3 is 1.10 bits per heavy atom. The van der Waals surface area contributed by atoms with Crippen molar-refractivity contribution >= 4 is 0 Å². The molecule has 0 nitrogen and oxygen atoms in total. The van der Waals surface area contributed by atoms with E-state index in [9.17, 15) is 0 Å². The fourth-order valence-electron chi connectivity index (χ4n) is 2.51. The number of hydrogen-bond donors (Lipinski definition) is 0. The summed E-state index contributed by atoms with van der Waals surface area (Å²) in [7, 11) is 0. The predicted octanol–water partition coefficient (Wildman–Crippen LogP) is 6.60. The van der Waals surface area contributed by atoms with Crippen molar-refractivity contribution in [3.05, 3.63) is 43.6 Å². The summed E-state index contributed by atoms with van der Waals surface area (Å²) in [6.45, 7) is 0. The fraction of sp³-hybridized carbons (Fsp3) is 0.650. The zero-order chi connectivity index (χ0) is 14.1. The zero-order valence-corrected chi connectivity index (χ0v) is 15.7. The maximum Gasteiger partial charge on any atom is 4.00 e. The van der Waals surface area contributed by atoms with Crippen molar-refractivity contribution in [2.75, 3.05) is 0 Å². The van der Waals surface area contributed by atoms with E-state index >= 15 is 0 Å². The van der Waals surface area contributed by atoms with Crippen molar-refractivity contribution in [2.45, 2.75) is 83.5 Å². The Kier molecular flexibility index (Phi) is 18.4. The van der Waals surface area contributed by atoms with Gasteiger partial charge in [0.1, 0.15) is 0 Å². The minimum absolute atomic E-state index is 0. The molecule has 0 aliphatic heterocycles. The van der Waals surface area contributed by atoms with E-state index in [0.717, 1.165) is 6.42 Å². The Hall–Kier alpha value is 0.168. The second-order valence-corrected chi connectivity index (χ2v) is 5.72. The maximum absolute atomic E-state index is 2.99. The summed E-state index contributed by atoms with van der Waals surface area (Å²) in [5.74, 6) is 0. The van der Waals surface area contributed by atoms with Gasteiger partial charge >= 0.3 is 21.1 Å². The molecule has 0 spiro atoms. The minimum atomic E-state index is 0. The fourth-order valence-corrected chi connectivity index (χ4v) is 2.51. The molecule has 4 rings (SSSR count). The first-order valence-electron chi connectivity index (χ1n) is 8.67. The quantitative estimate of drug-likeness (QED) is 0.352. The molecule has 0 N–H and O–H groups in total. The third-order valence-electron chi connectivity index (χ3n) is 3.79. The summed E-state index contributed by atoms with van der Waals surface area (Å²) in [4.78, 5) is 0. The second kappa shape index (κ2) is 18.2. The third kappa shape index (κ3) is 16.4. The predicted molar refractivity (Wildman–Crippen MR) is 89.9 cm³/mol. The molecular weight excluding hydrogens is 435 g/mol. The van der Waals surface area contributed by atoms with E-state index in [2.05, 4.69) is 31.4 Å². The van der Waals surface area contributed by atoms with Crippen LogP contribution in [-0.2, 0) is 21.1 Å². The molecule has 0 atom stereocenters. The molecule has 3 fully saturated rings. The smallest absolute Gasteiger partial charge is 0.328 e. The Morgan fingerprint density at radius 2 is 1.00 bits per heavy atom. The Balaban J connectivity index is 0.000000250. The van der Waals surface area contributed by atoms with Crippen LogP contribution in [0.15, 0.2) is 18.2 Å². The van der Waals surface area contributed by atoms with Crippen LogP contribution in [0, 0.1) is 25.3 Å². The van der Waals surface area contributed by atoms with Crippen LogP contribution < -0.4 is 0 Å². The summed E-state index contributed by atoms with van der Waals surface area (Å²) in [5.41, 5.74) is 0. The van der Waals surface area contributed by atoms with Gasteiger partial charge in [0.2, 0.25) is 0 Å². The average molecular weight is 468 g/mol. The molecule has 0 aromatic rings. The van der Waals surface area contributed by atoms with E-state index in [1.807, 2.05) is 12.2 Å². The molecular formula is C20H32Pt. The first kappa shape index (κ1) is 21.2. The maximum atomic E-state index is 2.99. The summed E-state index contributed by atoms with van der Waals surface area (Å²) in [6, 6.07) is 0. The van der Waals surface area contributed by atoms with Crippen LogP contribution in [0.1, 0.15) is 83.5 Å². The molecule has 21 heavy (non-hydrogen) atoms. The van der Waals surface area contributed by atoms with Crippen molar-refractivity contribution in [1.29, 1.82) is 0 Å². The summed E-state index contributed by atoms with van der Waals surface area (Å²) in [5, 5.41) is 0. The van der Waals surface area contributed by atoms with Crippen LogP contribution >= 0.6 is 0 Å². The zero-order valence-electron chi connectivity index (χ0n) is 13.5. The van der Waals surface area contributed by atoms with Crippen molar-refractivity contribution in [3.63, 3.8) is 0 Å². The normalized spacial score (nSPS) is 21.3. The van der Waals surface area contributed by atoms with Gasteiger partial charge in [-0.3, -0.25) is 6.08 Å². The molecule has 0 saturated heterocycles. The van der Waals surface area contributed by atoms with E-state index in [-0.39, 0.29) is 21.1 Å². The van der Waals surface area contributed by atoms with Crippen molar-refractivity contribution < 1.29 is 21.1 Å². The van der Waals surface area contributed by atoms with Gasteiger partial charge in [0.15, 0.2) is 0 Å². The molecule has 0 unspecified atom stereocenters. The molecule has 4 aliphatic carbocycles. The van der Waals surface area contributed by atoms with Gasteiger partial charge < -0.3 is 19.3 Å². The largest absolute Gasteiger partial charge is 4.00 e. The monoisotopic (exact) mass is 467 g/mol. The molecule has 0 radical (unpaired) electrons.